The zero-order chi connectivity index (χ0) is 30.5. The maximum atomic E-state index is 6.74. The van der Waals surface area contributed by atoms with Gasteiger partial charge in [0.25, 0.3) is 0 Å². The van der Waals surface area contributed by atoms with Crippen LogP contribution in [0.2, 0.25) is 10.0 Å². The molecule has 6 aromatic carbocycles. The summed E-state index contributed by atoms with van der Waals surface area (Å²) in [6.45, 7) is 5.84. The Morgan fingerprint density at radius 1 is 0.432 bits per heavy atom. The van der Waals surface area contributed by atoms with Crippen molar-refractivity contribution in [3.05, 3.63) is 95.0 Å². The first-order chi connectivity index (χ1) is 21.6. The van der Waals surface area contributed by atoms with Crippen molar-refractivity contribution in [1.82, 2.24) is 0 Å². The van der Waals surface area contributed by atoms with E-state index < -0.39 is 0 Å². The summed E-state index contributed by atoms with van der Waals surface area (Å²) in [7, 11) is 0. The summed E-state index contributed by atoms with van der Waals surface area (Å²) in [5.74, 6) is 1.84. The highest BCUT2D eigenvalue weighted by Crippen LogP contribution is 2.50. The van der Waals surface area contributed by atoms with Crippen molar-refractivity contribution in [3.63, 3.8) is 0 Å². The second-order valence-corrected chi connectivity index (χ2v) is 12.6. The Bertz CT molecular complexity index is 1790. The molecular weight excluding hydrogens is 583 g/mol. The van der Waals surface area contributed by atoms with Gasteiger partial charge in [0, 0.05) is 31.6 Å². The lowest BCUT2D eigenvalue weighted by Crippen LogP contribution is -2.01. The Hall–Kier alpha value is -3.46. The smallest absolute Gasteiger partial charge is 0.134 e. The van der Waals surface area contributed by atoms with Crippen molar-refractivity contribution in [2.75, 3.05) is 13.2 Å². The van der Waals surface area contributed by atoms with Crippen molar-refractivity contribution in [2.45, 2.75) is 65.2 Å². The minimum Gasteiger partial charge on any atom is -0.492 e. The van der Waals surface area contributed by atoms with Gasteiger partial charge in [0.05, 0.1) is 13.2 Å². The lowest BCUT2D eigenvalue weighted by atomic mass is 9.85. The van der Waals surface area contributed by atoms with Crippen LogP contribution in [0.4, 0.5) is 0 Å². The Morgan fingerprint density at radius 3 is 1.23 bits per heavy atom. The molecule has 4 heteroatoms. The first-order valence-corrected chi connectivity index (χ1v) is 16.9. The molecule has 0 aliphatic carbocycles. The molecule has 44 heavy (non-hydrogen) atoms. The van der Waals surface area contributed by atoms with E-state index in [1.165, 1.54) is 38.5 Å². The van der Waals surface area contributed by atoms with Crippen molar-refractivity contribution in [3.8, 4) is 22.6 Å². The van der Waals surface area contributed by atoms with E-state index in [0.29, 0.717) is 23.3 Å². The van der Waals surface area contributed by atoms with Gasteiger partial charge < -0.3 is 9.47 Å². The van der Waals surface area contributed by atoms with Crippen LogP contribution in [0.15, 0.2) is 84.9 Å². The summed E-state index contributed by atoms with van der Waals surface area (Å²) in [5.41, 5.74) is 2.27. The molecule has 0 aliphatic rings. The fourth-order valence-corrected chi connectivity index (χ4v) is 6.82. The monoisotopic (exact) mass is 622 g/mol. The van der Waals surface area contributed by atoms with Gasteiger partial charge in [0.2, 0.25) is 0 Å². The summed E-state index contributed by atoms with van der Waals surface area (Å²) in [5, 5.41) is 10.1. The number of rotatable bonds is 13. The number of unbranched alkanes of at least 4 members (excludes halogenated alkanes) is 6. The molecule has 2 nitrogen and oxygen atoms in total. The number of hydrogen-bond acceptors (Lipinski definition) is 2. The number of fused-ring (bicyclic) bond motifs is 4. The van der Waals surface area contributed by atoms with Crippen LogP contribution in [-0.4, -0.2) is 13.2 Å². The molecule has 0 amide bonds. The van der Waals surface area contributed by atoms with Gasteiger partial charge in [-0.25, -0.2) is 0 Å². The van der Waals surface area contributed by atoms with E-state index >= 15 is 0 Å². The van der Waals surface area contributed by atoms with Crippen LogP contribution in [0.25, 0.3) is 54.2 Å². The molecular formula is C40H40Cl2O2. The molecule has 0 saturated carbocycles. The second kappa shape index (κ2) is 14.1. The van der Waals surface area contributed by atoms with Gasteiger partial charge in [-0.1, -0.05) is 124 Å². The fourth-order valence-electron chi connectivity index (χ4n) is 6.48. The van der Waals surface area contributed by atoms with Crippen molar-refractivity contribution < 1.29 is 9.47 Å². The second-order valence-electron chi connectivity index (χ2n) is 11.7. The normalized spacial score (nSPS) is 11.6. The largest absolute Gasteiger partial charge is 0.492 e. The Labute approximate surface area is 270 Å². The summed E-state index contributed by atoms with van der Waals surface area (Å²) in [6, 6.07) is 29.5. The summed E-state index contributed by atoms with van der Waals surface area (Å²) in [4.78, 5) is 0. The quantitative estimate of drug-likeness (QED) is 0.0941. The topological polar surface area (TPSA) is 18.5 Å². The first kappa shape index (κ1) is 30.6. The molecule has 0 saturated heterocycles. The van der Waals surface area contributed by atoms with Crippen LogP contribution in [0.3, 0.4) is 0 Å². The van der Waals surface area contributed by atoms with Gasteiger partial charge >= 0.3 is 0 Å². The van der Waals surface area contributed by atoms with Crippen LogP contribution in [0.1, 0.15) is 65.2 Å². The van der Waals surface area contributed by atoms with Crippen molar-refractivity contribution >= 4 is 66.3 Å². The third-order valence-corrected chi connectivity index (χ3v) is 9.08. The van der Waals surface area contributed by atoms with Gasteiger partial charge in [-0.3, -0.25) is 0 Å². The van der Waals surface area contributed by atoms with E-state index in [1.54, 1.807) is 0 Å². The fraction of sp³-hybridized carbons (Fsp3) is 0.300. The zero-order valence-corrected chi connectivity index (χ0v) is 27.2. The SMILES string of the molecule is CCCCCCOc1c2ccccc2c(-c2c3ccccc3c(OCCCCCC)c3ccc(Cl)cc23)c2cc(Cl)ccc12. The van der Waals surface area contributed by atoms with Crippen LogP contribution in [0.5, 0.6) is 11.5 Å². The number of halogens is 2. The molecule has 0 aromatic heterocycles. The average Bonchev–Trinajstić information content (AvgIpc) is 3.04. The Morgan fingerprint density at radius 2 is 0.818 bits per heavy atom. The highest BCUT2D eigenvalue weighted by molar-refractivity contribution is 6.34. The van der Waals surface area contributed by atoms with E-state index in [-0.39, 0.29) is 0 Å². The summed E-state index contributed by atoms with van der Waals surface area (Å²) < 4.78 is 13.2. The zero-order valence-electron chi connectivity index (χ0n) is 25.7. The van der Waals surface area contributed by atoms with Crippen LogP contribution in [-0.2, 0) is 0 Å². The lowest BCUT2D eigenvalue weighted by molar-refractivity contribution is 0.311. The molecule has 0 atom stereocenters. The number of benzene rings is 6. The van der Waals surface area contributed by atoms with E-state index in [4.69, 9.17) is 32.7 Å². The summed E-state index contributed by atoms with van der Waals surface area (Å²) in [6.07, 6.45) is 9.26. The van der Waals surface area contributed by atoms with Gasteiger partial charge in [0.15, 0.2) is 0 Å². The van der Waals surface area contributed by atoms with Crippen LogP contribution >= 0.6 is 23.2 Å². The molecule has 0 aliphatic heterocycles. The van der Waals surface area contributed by atoms with Gasteiger partial charge in [-0.2, -0.15) is 0 Å². The van der Waals surface area contributed by atoms with E-state index in [2.05, 4.69) is 86.6 Å². The van der Waals surface area contributed by atoms with Gasteiger partial charge in [-0.15, -0.1) is 0 Å². The van der Waals surface area contributed by atoms with E-state index in [0.717, 1.165) is 78.6 Å². The highest BCUT2D eigenvalue weighted by atomic mass is 35.5. The molecule has 6 aromatic rings. The molecule has 0 spiro atoms. The maximum Gasteiger partial charge on any atom is 0.134 e. The van der Waals surface area contributed by atoms with Crippen molar-refractivity contribution in [1.29, 1.82) is 0 Å². The lowest BCUT2D eigenvalue weighted by Gasteiger charge is -2.22. The Kier molecular flexibility index (Phi) is 9.79. The average molecular weight is 624 g/mol. The molecule has 0 bridgehead atoms. The third kappa shape index (κ3) is 6.08. The van der Waals surface area contributed by atoms with Crippen LogP contribution < -0.4 is 9.47 Å². The highest BCUT2D eigenvalue weighted by Gasteiger charge is 2.23. The number of ether oxygens (including phenoxy) is 2. The predicted octanol–water partition coefficient (Wildman–Crippen LogP) is 13.2. The molecule has 0 fully saturated rings. The third-order valence-electron chi connectivity index (χ3n) is 8.61. The molecule has 6 rings (SSSR count). The molecule has 226 valence electrons. The Balaban J connectivity index is 1.64. The molecule has 0 N–H and O–H groups in total. The van der Waals surface area contributed by atoms with Gasteiger partial charge in [-0.05, 0) is 81.9 Å². The maximum absolute atomic E-state index is 6.74. The summed E-state index contributed by atoms with van der Waals surface area (Å²) >= 11 is 13.5. The molecule has 0 radical (unpaired) electrons. The van der Waals surface area contributed by atoms with E-state index in [1.807, 2.05) is 12.1 Å². The number of hydrogen-bond donors (Lipinski definition) is 0. The van der Waals surface area contributed by atoms with Crippen LogP contribution in [0, 0.1) is 0 Å². The van der Waals surface area contributed by atoms with E-state index in [9.17, 15) is 0 Å². The minimum atomic E-state index is 0.687. The molecule has 0 unspecified atom stereocenters. The minimum absolute atomic E-state index is 0.687. The predicted molar refractivity (Wildman–Crippen MR) is 191 cm³/mol. The molecule has 0 heterocycles. The van der Waals surface area contributed by atoms with Crippen molar-refractivity contribution in [2.24, 2.45) is 0 Å². The standard InChI is InChI=1S/C40H40Cl2O2/c1-3-5-7-13-23-43-39-31-17-11-9-15-29(31)37(35-25-27(41)19-21-33(35)39)38-30-16-10-12-18-32(30)40(44-24-14-8-6-4-2)34-22-20-28(42)26-36(34)38/h9-12,15-22,25-26H,3-8,13-14,23-24H2,1-2H3. The first-order valence-electron chi connectivity index (χ1n) is 16.2. The van der Waals surface area contributed by atoms with Gasteiger partial charge in [0.1, 0.15) is 11.5 Å².